The minimum Gasteiger partial charge on any atom is -0.481 e. The van der Waals surface area contributed by atoms with Gasteiger partial charge in [-0.1, -0.05) is 65.7 Å². The molecule has 0 spiro atoms. The van der Waals surface area contributed by atoms with E-state index in [4.69, 9.17) is 25.4 Å². The number of carboxylic acid groups (broad SMARTS) is 4. The molecule has 0 fully saturated rings. The molecule has 0 aliphatic rings. The number of carboxylic acids is 4. The van der Waals surface area contributed by atoms with Crippen LogP contribution in [0.25, 0.3) is 0 Å². The van der Waals surface area contributed by atoms with Gasteiger partial charge in [-0.05, 0) is 38.0 Å². The largest absolute Gasteiger partial charge is 0.481 e. The molecule has 284 valence electrons. The Morgan fingerprint density at radius 1 is 0.633 bits per heavy atom. The van der Waals surface area contributed by atoms with E-state index >= 15 is 0 Å². The Bertz CT molecular complexity index is 1030. The van der Waals surface area contributed by atoms with Gasteiger partial charge in [-0.3, -0.25) is 28.8 Å². The highest BCUT2D eigenvalue weighted by molar-refractivity contribution is 5.83. The number of aliphatic hydroxyl groups excluding tert-OH is 2. The summed E-state index contributed by atoms with van der Waals surface area (Å²) in [5, 5.41) is 57.0. The number of aliphatic hydroxyl groups is 2. The SMILES string of the molecule is CCCC[C@H](C)[C@H](OC(=O)C[C@@H](CC(=O)O)C(=O)O)[C@H](C[C@H](C)CCCCCC[C@H](O)C[C@H](O)[C@H](C)N)OC(=O)C[C@@H](CC(=O)O)C(=O)O. The maximum absolute atomic E-state index is 13.0. The highest BCUT2D eigenvalue weighted by Gasteiger charge is 2.37. The zero-order valence-corrected chi connectivity index (χ0v) is 29.3. The van der Waals surface area contributed by atoms with Crippen LogP contribution in [0.4, 0.5) is 0 Å². The van der Waals surface area contributed by atoms with Gasteiger partial charge in [-0.25, -0.2) is 0 Å². The van der Waals surface area contributed by atoms with E-state index in [1.165, 1.54) is 0 Å². The normalized spacial score (nSPS) is 17.0. The molecule has 49 heavy (non-hydrogen) atoms. The van der Waals surface area contributed by atoms with Crippen LogP contribution in [0.5, 0.6) is 0 Å². The molecule has 0 aromatic rings. The predicted molar refractivity (Wildman–Crippen MR) is 176 cm³/mol. The molecule has 15 nitrogen and oxygen atoms in total. The lowest BCUT2D eigenvalue weighted by Gasteiger charge is -2.33. The Labute approximate surface area is 288 Å². The molecule has 0 heterocycles. The van der Waals surface area contributed by atoms with E-state index in [1.54, 1.807) is 13.8 Å². The van der Waals surface area contributed by atoms with E-state index in [1.807, 2.05) is 13.8 Å². The summed E-state index contributed by atoms with van der Waals surface area (Å²) in [6, 6.07) is -0.432. The van der Waals surface area contributed by atoms with Crippen LogP contribution in [0.3, 0.4) is 0 Å². The summed E-state index contributed by atoms with van der Waals surface area (Å²) in [6.07, 6.45) is 0.203. The standard InChI is InChI=1S/C34H59NO14/c1-5-6-12-21(3)32(49-31(43)18-24(34(46)47)16-29(40)41)27(48-30(42)17-23(33(44)45)15-28(38)39)14-20(2)11-9-7-8-10-13-25(36)19-26(37)22(4)35/h20-27,32,36-37H,5-19,35H2,1-4H3,(H,38,39)(H,40,41)(H,44,45)(H,46,47)/t20-,21+,22+,23-,24-,25+,26+,27+,32+/m1/s1. The highest BCUT2D eigenvalue weighted by atomic mass is 16.6. The summed E-state index contributed by atoms with van der Waals surface area (Å²) < 4.78 is 11.5. The molecular formula is C34H59NO14. The summed E-state index contributed by atoms with van der Waals surface area (Å²) >= 11 is 0. The Morgan fingerprint density at radius 3 is 1.57 bits per heavy atom. The first kappa shape index (κ1) is 45.7. The van der Waals surface area contributed by atoms with Crippen LogP contribution < -0.4 is 5.73 Å². The molecule has 0 radical (unpaired) electrons. The first-order valence-corrected chi connectivity index (χ1v) is 17.3. The van der Waals surface area contributed by atoms with Crippen molar-refractivity contribution in [1.29, 1.82) is 0 Å². The average molecular weight is 706 g/mol. The third-order valence-electron chi connectivity index (χ3n) is 8.60. The number of aliphatic carboxylic acids is 4. The van der Waals surface area contributed by atoms with Gasteiger partial charge in [0.05, 0.1) is 49.7 Å². The number of rotatable bonds is 29. The van der Waals surface area contributed by atoms with Gasteiger partial charge in [-0.15, -0.1) is 0 Å². The fourth-order valence-electron chi connectivity index (χ4n) is 5.58. The molecule has 0 amide bonds. The molecule has 0 unspecified atom stereocenters. The summed E-state index contributed by atoms with van der Waals surface area (Å²) in [5.41, 5.74) is 5.64. The summed E-state index contributed by atoms with van der Waals surface area (Å²) in [6.45, 7) is 7.31. The molecule has 9 atom stereocenters. The van der Waals surface area contributed by atoms with Gasteiger partial charge >= 0.3 is 35.8 Å². The predicted octanol–water partition coefficient (Wildman–Crippen LogP) is 3.59. The molecule has 15 heteroatoms. The Hall–Kier alpha value is -3.30. The lowest BCUT2D eigenvalue weighted by molar-refractivity contribution is -0.177. The third kappa shape index (κ3) is 21.4. The lowest BCUT2D eigenvalue weighted by Crippen LogP contribution is -2.42. The summed E-state index contributed by atoms with van der Waals surface area (Å²) in [4.78, 5) is 71.6. The van der Waals surface area contributed by atoms with E-state index in [-0.39, 0.29) is 18.8 Å². The van der Waals surface area contributed by atoms with Gasteiger partial charge in [0.15, 0.2) is 0 Å². The minimum atomic E-state index is -1.55. The molecule has 0 rings (SSSR count). The van der Waals surface area contributed by atoms with Gasteiger partial charge in [0.1, 0.15) is 12.2 Å². The zero-order valence-electron chi connectivity index (χ0n) is 29.3. The van der Waals surface area contributed by atoms with E-state index < -0.39 is 110 Å². The molecule has 0 aromatic heterocycles. The second-order valence-electron chi connectivity index (χ2n) is 13.4. The van der Waals surface area contributed by atoms with Crippen molar-refractivity contribution in [2.24, 2.45) is 29.4 Å². The fourth-order valence-corrected chi connectivity index (χ4v) is 5.58. The van der Waals surface area contributed by atoms with Gasteiger partial charge in [0.2, 0.25) is 0 Å². The molecule has 0 saturated heterocycles. The quantitative estimate of drug-likeness (QED) is 0.0433. The molecular weight excluding hydrogens is 646 g/mol. The van der Waals surface area contributed by atoms with Gasteiger partial charge < -0.3 is 45.8 Å². The van der Waals surface area contributed by atoms with Crippen molar-refractivity contribution in [1.82, 2.24) is 0 Å². The second kappa shape index (κ2) is 24.8. The Balaban J connectivity index is 5.84. The van der Waals surface area contributed by atoms with Crippen molar-refractivity contribution in [3.8, 4) is 0 Å². The topological polar surface area (TPSA) is 268 Å². The van der Waals surface area contributed by atoms with E-state index in [2.05, 4.69) is 0 Å². The van der Waals surface area contributed by atoms with Crippen LogP contribution in [0.15, 0.2) is 0 Å². The number of carbonyl (C=O) groups excluding carboxylic acids is 2. The number of nitrogens with two attached hydrogens (primary N) is 1. The Morgan fingerprint density at radius 2 is 1.12 bits per heavy atom. The van der Waals surface area contributed by atoms with E-state index in [0.717, 1.165) is 38.5 Å². The number of unbranched alkanes of at least 4 members (excludes halogenated alkanes) is 4. The minimum absolute atomic E-state index is 0.0859. The number of esters is 2. The molecule has 0 bridgehead atoms. The third-order valence-corrected chi connectivity index (χ3v) is 8.60. The zero-order chi connectivity index (χ0) is 37.7. The smallest absolute Gasteiger partial charge is 0.307 e. The van der Waals surface area contributed by atoms with Gasteiger partial charge in [0, 0.05) is 12.5 Å². The van der Waals surface area contributed by atoms with Crippen molar-refractivity contribution < 1.29 is 68.9 Å². The van der Waals surface area contributed by atoms with Gasteiger partial charge in [0.25, 0.3) is 0 Å². The molecule has 0 aromatic carbocycles. The molecule has 0 saturated carbocycles. The lowest BCUT2D eigenvalue weighted by atomic mass is 9.87. The first-order chi connectivity index (χ1) is 22.9. The van der Waals surface area contributed by atoms with Crippen LogP contribution >= 0.6 is 0 Å². The number of hydrogen-bond acceptors (Lipinski definition) is 11. The molecule has 8 N–H and O–H groups in total. The number of carbonyl (C=O) groups is 6. The van der Waals surface area contributed by atoms with Gasteiger partial charge in [-0.2, -0.15) is 0 Å². The average Bonchev–Trinajstić information content (AvgIpc) is 2.98. The summed E-state index contributed by atoms with van der Waals surface area (Å²) in [5.74, 6) is -11.3. The Kier molecular flexibility index (Phi) is 23.1. The first-order valence-electron chi connectivity index (χ1n) is 17.3. The van der Waals surface area contributed by atoms with Crippen LogP contribution in [0, 0.1) is 23.7 Å². The fraction of sp³-hybridized carbons (Fsp3) is 0.824. The highest BCUT2D eigenvalue weighted by Crippen LogP contribution is 2.29. The number of hydrogen-bond donors (Lipinski definition) is 7. The van der Waals surface area contributed by atoms with Crippen molar-refractivity contribution in [2.45, 2.75) is 154 Å². The monoisotopic (exact) mass is 705 g/mol. The van der Waals surface area contributed by atoms with Crippen molar-refractivity contribution in [3.63, 3.8) is 0 Å². The maximum atomic E-state index is 13.0. The van der Waals surface area contributed by atoms with Crippen molar-refractivity contribution in [2.75, 3.05) is 0 Å². The second-order valence-corrected chi connectivity index (χ2v) is 13.4. The van der Waals surface area contributed by atoms with Crippen LogP contribution in [0.2, 0.25) is 0 Å². The van der Waals surface area contributed by atoms with Crippen molar-refractivity contribution >= 4 is 35.8 Å². The van der Waals surface area contributed by atoms with E-state index in [0.29, 0.717) is 19.3 Å². The number of ether oxygens (including phenoxy) is 2. The molecule has 0 aliphatic carbocycles. The van der Waals surface area contributed by atoms with Crippen LogP contribution in [0.1, 0.15) is 124 Å². The maximum Gasteiger partial charge on any atom is 0.307 e. The van der Waals surface area contributed by atoms with E-state index in [9.17, 15) is 49.2 Å². The van der Waals surface area contributed by atoms with Crippen LogP contribution in [-0.2, 0) is 38.2 Å². The molecule has 0 aliphatic heterocycles. The summed E-state index contributed by atoms with van der Waals surface area (Å²) in [7, 11) is 0. The van der Waals surface area contributed by atoms with Crippen molar-refractivity contribution in [3.05, 3.63) is 0 Å². The van der Waals surface area contributed by atoms with Crippen LogP contribution in [-0.4, -0.2) is 96.9 Å².